The summed E-state index contributed by atoms with van der Waals surface area (Å²) in [5, 5.41) is 17.0. The highest BCUT2D eigenvalue weighted by Gasteiger charge is 2.19. The fourth-order valence-electron chi connectivity index (χ4n) is 2.74. The first-order valence-electron chi connectivity index (χ1n) is 7.64. The van der Waals surface area contributed by atoms with E-state index in [1.807, 2.05) is 0 Å². The third-order valence-electron chi connectivity index (χ3n) is 4.10. The lowest BCUT2D eigenvalue weighted by Crippen LogP contribution is -2.43. The minimum atomic E-state index is -0.528. The van der Waals surface area contributed by atoms with Crippen molar-refractivity contribution in [3.8, 4) is 0 Å². The van der Waals surface area contributed by atoms with Crippen LogP contribution in [0.5, 0.6) is 0 Å². The Labute approximate surface area is 126 Å². The van der Waals surface area contributed by atoms with Crippen LogP contribution in [0.4, 0.5) is 0 Å². The molecule has 1 saturated heterocycles. The van der Waals surface area contributed by atoms with Crippen LogP contribution < -0.4 is 5.32 Å². The van der Waals surface area contributed by atoms with Crippen molar-refractivity contribution >= 4 is 5.91 Å². The van der Waals surface area contributed by atoms with Crippen molar-refractivity contribution in [1.29, 1.82) is 0 Å². The smallest absolute Gasteiger partial charge is 0.254 e. The molecule has 1 aliphatic rings. The van der Waals surface area contributed by atoms with Crippen molar-refractivity contribution in [2.45, 2.75) is 32.8 Å². The number of aliphatic hydroxyl groups is 1. The van der Waals surface area contributed by atoms with Gasteiger partial charge in [-0.3, -0.25) is 9.48 Å². The van der Waals surface area contributed by atoms with Crippen LogP contribution in [0.25, 0.3) is 0 Å². The molecule has 1 aromatic heterocycles. The fourth-order valence-corrected chi connectivity index (χ4v) is 2.74. The maximum atomic E-state index is 12.0. The first-order chi connectivity index (χ1) is 9.95. The van der Waals surface area contributed by atoms with Gasteiger partial charge in [0.1, 0.15) is 0 Å². The third-order valence-corrected chi connectivity index (χ3v) is 4.10. The molecule has 6 nitrogen and oxygen atoms in total. The Morgan fingerprint density at radius 3 is 2.76 bits per heavy atom. The molecule has 2 heterocycles. The number of aliphatic hydroxyl groups excluding tert-OH is 1. The number of amides is 1. The van der Waals surface area contributed by atoms with E-state index in [9.17, 15) is 9.90 Å². The van der Waals surface area contributed by atoms with E-state index in [1.165, 1.54) is 12.8 Å². The molecule has 2 N–H and O–H groups in total. The third kappa shape index (κ3) is 4.54. The summed E-state index contributed by atoms with van der Waals surface area (Å²) >= 11 is 0. The van der Waals surface area contributed by atoms with E-state index in [0.717, 1.165) is 19.0 Å². The molecule has 0 saturated carbocycles. The number of piperidine rings is 1. The topological polar surface area (TPSA) is 70.4 Å². The Balaban J connectivity index is 1.74. The van der Waals surface area contributed by atoms with Crippen LogP contribution in [0, 0.1) is 12.8 Å². The maximum Gasteiger partial charge on any atom is 0.254 e. The number of carbonyl (C=O) groups is 1. The Morgan fingerprint density at radius 2 is 2.19 bits per heavy atom. The van der Waals surface area contributed by atoms with Crippen LogP contribution in [0.2, 0.25) is 0 Å². The van der Waals surface area contributed by atoms with Gasteiger partial charge in [0.25, 0.3) is 5.91 Å². The van der Waals surface area contributed by atoms with E-state index < -0.39 is 6.10 Å². The summed E-state index contributed by atoms with van der Waals surface area (Å²) in [7, 11) is 1.79. The predicted octanol–water partition coefficient (Wildman–Crippen LogP) is 0.551. The number of likely N-dealkylation sites (tertiary alicyclic amines) is 1. The molecule has 1 amide bonds. The summed E-state index contributed by atoms with van der Waals surface area (Å²) < 4.78 is 1.62. The SMILES string of the molecule is Cc1nn(C)cc1C(=O)NCC(O)CN1CCC(C)CC1. The number of hydrogen-bond acceptors (Lipinski definition) is 4. The number of carbonyl (C=O) groups excluding carboxylic acids is 1. The number of nitrogens with zero attached hydrogens (tertiary/aromatic N) is 3. The van der Waals surface area contributed by atoms with E-state index in [4.69, 9.17) is 0 Å². The Kier molecular flexibility index (Phi) is 5.36. The lowest BCUT2D eigenvalue weighted by molar-refractivity contribution is 0.0795. The molecule has 1 unspecified atom stereocenters. The largest absolute Gasteiger partial charge is 0.390 e. The van der Waals surface area contributed by atoms with Crippen LogP contribution in [0.1, 0.15) is 35.8 Å². The first-order valence-corrected chi connectivity index (χ1v) is 7.64. The van der Waals surface area contributed by atoms with Crippen LogP contribution in [-0.4, -0.2) is 58.0 Å². The van der Waals surface area contributed by atoms with Gasteiger partial charge < -0.3 is 15.3 Å². The van der Waals surface area contributed by atoms with Gasteiger partial charge in [-0.15, -0.1) is 0 Å². The zero-order valence-corrected chi connectivity index (χ0v) is 13.2. The zero-order chi connectivity index (χ0) is 15.4. The number of β-amino-alcohol motifs (C(OH)–C–C–N with tert-alkyl or cyclic N) is 1. The van der Waals surface area contributed by atoms with Crippen molar-refractivity contribution in [3.63, 3.8) is 0 Å². The highest BCUT2D eigenvalue weighted by molar-refractivity contribution is 5.94. The average molecular weight is 294 g/mol. The molecule has 21 heavy (non-hydrogen) atoms. The van der Waals surface area contributed by atoms with Crippen LogP contribution in [0.15, 0.2) is 6.20 Å². The van der Waals surface area contributed by atoms with Gasteiger partial charge in [-0.2, -0.15) is 5.10 Å². The molecular weight excluding hydrogens is 268 g/mol. The lowest BCUT2D eigenvalue weighted by atomic mass is 9.99. The molecule has 1 aromatic rings. The van der Waals surface area contributed by atoms with Gasteiger partial charge in [-0.1, -0.05) is 6.92 Å². The highest BCUT2D eigenvalue weighted by atomic mass is 16.3. The first kappa shape index (κ1) is 16.0. The standard InChI is InChI=1S/C15H26N4O2/c1-11-4-6-19(7-5-11)9-13(20)8-16-15(21)14-10-18(3)17-12(14)2/h10-11,13,20H,4-9H2,1-3H3,(H,16,21). The van der Waals surface area contributed by atoms with Gasteiger partial charge in [-0.25, -0.2) is 0 Å². The van der Waals surface area contributed by atoms with Gasteiger partial charge in [0.15, 0.2) is 0 Å². The zero-order valence-electron chi connectivity index (χ0n) is 13.2. The minimum Gasteiger partial charge on any atom is -0.390 e. The number of nitrogens with one attached hydrogen (secondary N) is 1. The number of aromatic nitrogens is 2. The Bertz CT molecular complexity index is 478. The van der Waals surface area contributed by atoms with Crippen molar-refractivity contribution in [1.82, 2.24) is 20.0 Å². The second kappa shape index (κ2) is 7.04. The monoisotopic (exact) mass is 294 g/mol. The molecule has 0 radical (unpaired) electrons. The van der Waals surface area contributed by atoms with Crippen LogP contribution in [0.3, 0.4) is 0 Å². The fraction of sp³-hybridized carbons (Fsp3) is 0.733. The summed E-state index contributed by atoms with van der Waals surface area (Å²) in [5.74, 6) is 0.610. The molecule has 0 bridgehead atoms. The van der Waals surface area contributed by atoms with Crippen molar-refractivity contribution in [3.05, 3.63) is 17.5 Å². The van der Waals surface area contributed by atoms with Crippen molar-refractivity contribution < 1.29 is 9.90 Å². The Hall–Kier alpha value is -1.40. The molecule has 2 rings (SSSR count). The van der Waals surface area contributed by atoms with Gasteiger partial charge in [0.2, 0.25) is 0 Å². The van der Waals surface area contributed by atoms with Gasteiger partial charge in [0, 0.05) is 26.3 Å². The molecule has 6 heteroatoms. The summed E-state index contributed by atoms with van der Waals surface area (Å²) in [6.07, 6.45) is 3.55. The van der Waals surface area contributed by atoms with Gasteiger partial charge in [-0.05, 0) is 38.8 Å². The number of rotatable bonds is 5. The molecule has 0 aliphatic carbocycles. The summed E-state index contributed by atoms with van der Waals surface area (Å²) in [4.78, 5) is 14.3. The lowest BCUT2D eigenvalue weighted by Gasteiger charge is -2.31. The van der Waals surface area contributed by atoms with Crippen LogP contribution >= 0.6 is 0 Å². The van der Waals surface area contributed by atoms with E-state index in [-0.39, 0.29) is 12.5 Å². The molecule has 118 valence electrons. The second-order valence-corrected chi connectivity index (χ2v) is 6.15. The van der Waals surface area contributed by atoms with E-state index in [0.29, 0.717) is 17.8 Å². The number of aryl methyl sites for hydroxylation is 2. The molecule has 1 fully saturated rings. The highest BCUT2D eigenvalue weighted by Crippen LogP contribution is 2.15. The average Bonchev–Trinajstić information content (AvgIpc) is 2.78. The van der Waals surface area contributed by atoms with Gasteiger partial charge in [0.05, 0.1) is 17.4 Å². The number of hydrogen-bond donors (Lipinski definition) is 2. The summed E-state index contributed by atoms with van der Waals surface area (Å²) in [6, 6.07) is 0. The van der Waals surface area contributed by atoms with Crippen LogP contribution in [-0.2, 0) is 7.05 Å². The molecule has 0 aromatic carbocycles. The van der Waals surface area contributed by atoms with Crippen molar-refractivity contribution in [2.75, 3.05) is 26.2 Å². The Morgan fingerprint density at radius 1 is 1.52 bits per heavy atom. The molecule has 0 spiro atoms. The van der Waals surface area contributed by atoms with Crippen molar-refractivity contribution in [2.24, 2.45) is 13.0 Å². The van der Waals surface area contributed by atoms with E-state index >= 15 is 0 Å². The van der Waals surface area contributed by atoms with E-state index in [1.54, 1.807) is 24.9 Å². The van der Waals surface area contributed by atoms with E-state index in [2.05, 4.69) is 22.2 Å². The maximum absolute atomic E-state index is 12.0. The van der Waals surface area contributed by atoms with Gasteiger partial charge >= 0.3 is 0 Å². The molecule has 1 atom stereocenters. The summed E-state index contributed by atoms with van der Waals surface area (Å²) in [5.41, 5.74) is 1.27. The molecular formula is C15H26N4O2. The normalized spacial score (nSPS) is 18.7. The molecule has 1 aliphatic heterocycles. The minimum absolute atomic E-state index is 0.174. The quantitative estimate of drug-likeness (QED) is 0.832. The second-order valence-electron chi connectivity index (χ2n) is 6.15. The summed E-state index contributed by atoms with van der Waals surface area (Å²) in [6.45, 7) is 7.05. The predicted molar refractivity (Wildman–Crippen MR) is 81.1 cm³/mol.